The van der Waals surface area contributed by atoms with Gasteiger partial charge in [-0.15, -0.1) is 11.3 Å². The minimum Gasteiger partial charge on any atom is -0.491 e. The maximum absolute atomic E-state index is 14.0. The second kappa shape index (κ2) is 26.4. The molecule has 1 fully saturated rings. The number of aliphatic hydroxyl groups excluding tert-OH is 1. The first-order valence-corrected chi connectivity index (χ1v) is 25.1. The number of aryl methyl sites for hydroxylation is 1. The summed E-state index contributed by atoms with van der Waals surface area (Å²) in [6.45, 7) is 8.44. The second-order valence-corrected chi connectivity index (χ2v) is 19.9. The third-order valence-corrected chi connectivity index (χ3v) is 13.4. The number of carbonyl (C=O) groups excluding carboxylic acids is 3. The van der Waals surface area contributed by atoms with Crippen molar-refractivity contribution >= 4 is 63.1 Å². The Morgan fingerprint density at radius 2 is 1.59 bits per heavy atom. The van der Waals surface area contributed by atoms with Crippen molar-refractivity contribution < 1.29 is 48.3 Å². The molecular weight excluding hydrogens is 1000 g/mol. The Morgan fingerprint density at radius 1 is 0.853 bits per heavy atom. The average Bonchev–Trinajstić information content (AvgIpc) is 4.00. The highest BCUT2D eigenvalue weighted by molar-refractivity contribution is 7.13. The molecule has 2 aromatic heterocycles. The normalized spacial score (nSPS) is 14.6. The van der Waals surface area contributed by atoms with Crippen molar-refractivity contribution in [2.24, 2.45) is 5.41 Å². The molecule has 6 N–H and O–H groups in total. The van der Waals surface area contributed by atoms with Crippen LogP contribution in [-0.4, -0.2) is 106 Å². The Labute approximate surface area is 444 Å². The Morgan fingerprint density at radius 3 is 2.31 bits per heavy atom. The van der Waals surface area contributed by atoms with Crippen LogP contribution in [0.1, 0.15) is 51.4 Å². The Hall–Kier alpha value is -7.06. The number of fused-ring (bicyclic) bond motifs is 1. The Kier molecular flexibility index (Phi) is 20.2. The van der Waals surface area contributed by atoms with Crippen LogP contribution in [0, 0.1) is 18.2 Å². The van der Waals surface area contributed by atoms with E-state index in [1.54, 1.807) is 35.6 Å². The van der Waals surface area contributed by atoms with E-state index in [1.165, 1.54) is 23.4 Å². The predicted octanol–water partition coefficient (Wildman–Crippen LogP) is 8.88. The van der Waals surface area contributed by atoms with Gasteiger partial charge in [0.1, 0.15) is 61.4 Å². The molecule has 0 aliphatic carbocycles. The fourth-order valence-electron chi connectivity index (χ4n) is 8.29. The van der Waals surface area contributed by atoms with E-state index in [2.05, 4.69) is 30.9 Å². The summed E-state index contributed by atoms with van der Waals surface area (Å²) in [5.41, 5.74) is 8.04. The van der Waals surface area contributed by atoms with Crippen LogP contribution in [0.25, 0.3) is 32.5 Å². The number of rotatable bonds is 21. The molecule has 396 valence electrons. The molecule has 1 aliphatic heterocycles. The number of amides is 3. The van der Waals surface area contributed by atoms with Gasteiger partial charge in [0.2, 0.25) is 17.7 Å². The highest BCUT2D eigenvalue weighted by Gasteiger charge is 2.44. The summed E-state index contributed by atoms with van der Waals surface area (Å²) < 4.78 is 36.6. The third-order valence-electron chi connectivity index (χ3n) is 12.1. The molecule has 0 saturated carbocycles. The molecular formula is C56H63ClFN7O9S. The Balaban J connectivity index is 0.00000457. The second-order valence-electron chi connectivity index (χ2n) is 18.6. The van der Waals surface area contributed by atoms with Crippen molar-refractivity contribution in [2.45, 2.75) is 72.9 Å². The van der Waals surface area contributed by atoms with E-state index < -0.39 is 35.4 Å². The zero-order valence-electron chi connectivity index (χ0n) is 41.4. The summed E-state index contributed by atoms with van der Waals surface area (Å²) in [5, 5.41) is 20.8. The summed E-state index contributed by atoms with van der Waals surface area (Å²) in [6, 6.07) is 31.1. The van der Waals surface area contributed by atoms with Crippen LogP contribution in [0.3, 0.4) is 0 Å². The summed E-state index contributed by atoms with van der Waals surface area (Å²) in [5.74, 6) is 0.0713. The van der Waals surface area contributed by atoms with Gasteiger partial charge < -0.3 is 50.4 Å². The van der Waals surface area contributed by atoms with E-state index >= 15 is 0 Å². The van der Waals surface area contributed by atoms with E-state index in [4.69, 9.17) is 30.5 Å². The van der Waals surface area contributed by atoms with E-state index in [0.29, 0.717) is 33.6 Å². The number of carbonyl (C=O) groups is 3. The molecule has 3 amide bonds. The summed E-state index contributed by atoms with van der Waals surface area (Å²) in [6.07, 6.45) is 0.702. The molecule has 0 spiro atoms. The van der Waals surface area contributed by atoms with Gasteiger partial charge in [-0.05, 0) is 94.8 Å². The molecule has 0 radical (unpaired) electrons. The minimum absolute atomic E-state index is 0. The summed E-state index contributed by atoms with van der Waals surface area (Å²) in [4.78, 5) is 56.2. The van der Waals surface area contributed by atoms with Gasteiger partial charge in [0.05, 0.1) is 52.5 Å². The van der Waals surface area contributed by atoms with Crippen LogP contribution in [-0.2, 0) is 37.0 Å². The number of nitrogens with zero attached hydrogens (tertiary/aromatic N) is 4. The molecule has 8 rings (SSSR count). The van der Waals surface area contributed by atoms with Crippen molar-refractivity contribution in [3.05, 3.63) is 149 Å². The first kappa shape index (κ1) is 57.2. The first-order chi connectivity index (χ1) is 35.2. The zero-order chi connectivity index (χ0) is 51.5. The van der Waals surface area contributed by atoms with Gasteiger partial charge in [-0.25, -0.2) is 19.3 Å². The van der Waals surface area contributed by atoms with Crippen LogP contribution < -0.4 is 25.4 Å². The van der Waals surface area contributed by atoms with Crippen molar-refractivity contribution in [3.63, 3.8) is 0 Å². The number of likely N-dealkylation sites (tertiary alicyclic amines) is 1. The number of anilines is 2. The Bertz CT molecular complexity index is 3030. The lowest BCUT2D eigenvalue weighted by molar-refractivity contribution is -0.144. The number of thiazole rings is 1. The number of hydrogen-bond donors (Lipinski definition) is 4. The number of nitrogens with one attached hydrogen (secondary N) is 3. The molecule has 7 aromatic rings. The van der Waals surface area contributed by atoms with Crippen LogP contribution in [0.4, 0.5) is 15.9 Å². The molecule has 5 aromatic carbocycles. The quantitative estimate of drug-likeness (QED) is 0.0496. The molecule has 1 saturated heterocycles. The van der Waals surface area contributed by atoms with Gasteiger partial charge in [0, 0.05) is 30.6 Å². The van der Waals surface area contributed by atoms with Crippen LogP contribution in [0.15, 0.2) is 121 Å². The van der Waals surface area contributed by atoms with Crippen LogP contribution in [0.5, 0.6) is 11.5 Å². The fraction of sp³-hybridized carbons (Fsp3) is 0.321. The monoisotopic (exact) mass is 1060 g/mol. The average molecular weight is 1060 g/mol. The number of aromatic nitrogens is 3. The molecule has 0 unspecified atom stereocenters. The molecule has 1 aliphatic rings. The van der Waals surface area contributed by atoms with Gasteiger partial charge in [-0.1, -0.05) is 94.4 Å². The van der Waals surface area contributed by atoms with Crippen molar-refractivity contribution in [1.29, 1.82) is 0 Å². The van der Waals surface area contributed by atoms with Gasteiger partial charge in [0.15, 0.2) is 0 Å². The number of β-amino-alcohol motifs (C(OH)–C–C–N with tert-alkyl or cyclic N) is 1. The van der Waals surface area contributed by atoms with Crippen molar-refractivity contribution in [3.8, 4) is 33.1 Å². The smallest absolute Gasteiger partial charge is 0.246 e. The summed E-state index contributed by atoms with van der Waals surface area (Å²) in [7, 11) is 0. The highest BCUT2D eigenvalue weighted by Crippen LogP contribution is 2.34. The largest absolute Gasteiger partial charge is 0.491 e. The molecule has 16 nitrogen and oxygen atoms in total. The molecule has 3 atom stereocenters. The fourth-order valence-corrected chi connectivity index (χ4v) is 9.33. The number of benzene rings is 5. The molecule has 3 heterocycles. The van der Waals surface area contributed by atoms with Gasteiger partial charge >= 0.3 is 0 Å². The molecule has 75 heavy (non-hydrogen) atoms. The van der Waals surface area contributed by atoms with E-state index in [1.807, 2.05) is 106 Å². The lowest BCUT2D eigenvalue weighted by atomic mass is 9.85. The SMILES string of the molecule is C.Cc1ncsc1-c1ccc(CNC(=O)[C@@H]2C[C@@H](O)CN2C(=O)[C@@H](NC(=O)COCCOCCOc2ccc(-c3ccc4ncnc(Nc5ccc(OCc6cccc(F)c6)c(Cl)c5)c4c3)cc2)C(C)(C)C)cc1.O. The first-order valence-electron chi connectivity index (χ1n) is 23.8. The van der Waals surface area contributed by atoms with E-state index in [9.17, 15) is 23.9 Å². The molecule has 0 bridgehead atoms. The van der Waals surface area contributed by atoms with Gasteiger partial charge in [0.25, 0.3) is 0 Å². The number of aliphatic hydroxyl groups is 1. The third kappa shape index (κ3) is 15.3. The molecule has 19 heteroatoms. The zero-order valence-corrected chi connectivity index (χ0v) is 43.0. The maximum Gasteiger partial charge on any atom is 0.246 e. The number of ether oxygens (including phenoxy) is 4. The van der Waals surface area contributed by atoms with E-state index in [0.717, 1.165) is 43.7 Å². The predicted molar refractivity (Wildman–Crippen MR) is 290 cm³/mol. The maximum atomic E-state index is 14.0. The minimum atomic E-state index is -0.980. The summed E-state index contributed by atoms with van der Waals surface area (Å²) >= 11 is 8.13. The van der Waals surface area contributed by atoms with Crippen molar-refractivity contribution in [1.82, 2.24) is 30.5 Å². The van der Waals surface area contributed by atoms with Gasteiger partial charge in [-0.3, -0.25) is 14.4 Å². The van der Waals surface area contributed by atoms with E-state index in [-0.39, 0.29) is 83.8 Å². The number of hydrogen-bond acceptors (Lipinski definition) is 13. The number of halogens is 2. The standard InChI is InChI=1S/C55H57ClFN7O8S.CH4.H2O/c1-34-50(73-33-61-34)38-10-8-35(9-11-38)28-58-53(67)47-27-42(65)29-64(47)54(68)51(55(2,3)4)63-49(66)31-70-21-20-69-22-23-71-43-16-12-37(13-17-43)39-14-18-46-44(25-39)52(60-32-59-46)62-41-15-19-48(45(56)26-41)72-30-36-6-5-7-40(57)24-36;;/h5-19,24-26,32-33,42,47,51,65H,20-23,27-31H2,1-4H3,(H,58,67)(H,63,66)(H,59,60,62);1H4;1H2/t42-,47+,51-;;/m1../s1. The lowest BCUT2D eigenvalue weighted by Crippen LogP contribution is -2.58. The van der Waals surface area contributed by atoms with Gasteiger partial charge in [-0.2, -0.15) is 0 Å². The van der Waals surface area contributed by atoms with Crippen LogP contribution >= 0.6 is 22.9 Å². The van der Waals surface area contributed by atoms with Crippen molar-refractivity contribution in [2.75, 3.05) is 44.9 Å². The van der Waals surface area contributed by atoms with Crippen LogP contribution in [0.2, 0.25) is 5.02 Å². The highest BCUT2D eigenvalue weighted by atomic mass is 35.5. The lowest BCUT2D eigenvalue weighted by Gasteiger charge is -2.35. The topological polar surface area (TPSA) is 218 Å².